The molecule has 6 rings (SSSR count). The monoisotopic (exact) mass is 374 g/mol. The number of ether oxygens (including phenoxy) is 2. The van der Waals surface area contributed by atoms with Crippen molar-refractivity contribution in [1.29, 1.82) is 0 Å². The van der Waals surface area contributed by atoms with Crippen molar-refractivity contribution in [3.63, 3.8) is 0 Å². The van der Waals surface area contributed by atoms with E-state index in [0.29, 0.717) is 35.4 Å². The third-order valence-corrected chi connectivity index (χ3v) is 9.68. The second-order valence-corrected chi connectivity index (χ2v) is 10.5. The summed E-state index contributed by atoms with van der Waals surface area (Å²) >= 11 is 0. The summed E-state index contributed by atoms with van der Waals surface area (Å²) in [6.45, 7) is 5.97. The second-order valence-electron chi connectivity index (χ2n) is 10.5. The topological polar surface area (TPSA) is 59.6 Å². The van der Waals surface area contributed by atoms with Crippen LogP contribution in [0.4, 0.5) is 0 Å². The number of carbonyl (C=O) groups is 1. The lowest BCUT2D eigenvalue weighted by Crippen LogP contribution is -2.64. The first kappa shape index (κ1) is 17.4. The first-order chi connectivity index (χ1) is 13.1. The van der Waals surface area contributed by atoms with E-state index < -0.39 is 0 Å². The average molecular weight is 375 g/mol. The van der Waals surface area contributed by atoms with Crippen LogP contribution in [0.2, 0.25) is 0 Å². The Kier molecular flexibility index (Phi) is 3.72. The molecule has 0 aromatic heterocycles. The Labute approximate surface area is 162 Å². The zero-order valence-corrected chi connectivity index (χ0v) is 16.6. The van der Waals surface area contributed by atoms with Gasteiger partial charge in [-0.15, -0.1) is 0 Å². The molecule has 4 saturated carbocycles. The van der Waals surface area contributed by atoms with Crippen LogP contribution in [-0.4, -0.2) is 43.5 Å². The molecular weight excluding hydrogens is 340 g/mol. The first-order valence-electron chi connectivity index (χ1n) is 11.4. The Morgan fingerprint density at radius 3 is 2.52 bits per heavy atom. The normalized spacial score (nSPS) is 50.0. The van der Waals surface area contributed by atoms with E-state index in [9.17, 15) is 4.79 Å². The quantitative estimate of drug-likeness (QED) is 0.682. The van der Waals surface area contributed by atoms with Crippen LogP contribution in [0.3, 0.4) is 0 Å². The van der Waals surface area contributed by atoms with Gasteiger partial charge in [-0.05, 0) is 55.8 Å². The maximum absolute atomic E-state index is 13.6. The van der Waals surface area contributed by atoms with Crippen molar-refractivity contribution in [2.75, 3.05) is 26.3 Å². The van der Waals surface area contributed by atoms with Gasteiger partial charge in [-0.3, -0.25) is 15.4 Å². The van der Waals surface area contributed by atoms with E-state index in [1.165, 1.54) is 25.7 Å². The van der Waals surface area contributed by atoms with Crippen LogP contribution >= 0.6 is 0 Å². The van der Waals surface area contributed by atoms with Crippen LogP contribution in [0.15, 0.2) is 0 Å². The number of carbonyl (C=O) groups excluding carboxylic acids is 1. The van der Waals surface area contributed by atoms with Gasteiger partial charge < -0.3 is 9.47 Å². The summed E-state index contributed by atoms with van der Waals surface area (Å²) in [4.78, 5) is 13.6. The van der Waals surface area contributed by atoms with E-state index in [0.717, 1.165) is 52.0 Å². The van der Waals surface area contributed by atoms with Crippen LogP contribution in [0.1, 0.15) is 58.3 Å². The molecule has 0 bridgehead atoms. The molecule has 2 heterocycles. The molecule has 6 atom stereocenters. The Morgan fingerprint density at radius 1 is 0.963 bits per heavy atom. The molecular formula is C22H34N2O3. The largest absolute Gasteiger partial charge is 0.348 e. The molecule has 0 amide bonds. The van der Waals surface area contributed by atoms with Crippen LogP contribution in [0, 0.1) is 35.0 Å². The van der Waals surface area contributed by atoms with Crippen molar-refractivity contribution in [1.82, 2.24) is 10.6 Å². The molecule has 2 aliphatic heterocycles. The van der Waals surface area contributed by atoms with E-state index in [1.54, 1.807) is 0 Å². The molecule has 0 unspecified atom stereocenters. The number of hydrogen-bond donors (Lipinski definition) is 2. The number of hydrogen-bond acceptors (Lipinski definition) is 5. The molecule has 2 N–H and O–H groups in total. The highest BCUT2D eigenvalue weighted by atomic mass is 16.7. The van der Waals surface area contributed by atoms with Crippen molar-refractivity contribution in [2.24, 2.45) is 35.0 Å². The van der Waals surface area contributed by atoms with Crippen molar-refractivity contribution >= 4 is 5.78 Å². The van der Waals surface area contributed by atoms with E-state index in [1.807, 2.05) is 0 Å². The SMILES string of the molecule is C[C@@]12CC(=O)[C@H]3[C@H]4CCC5(C[C@@H]4CC[C@@H]3[C@@H]1CCC21NCCN1)OCCO5. The highest BCUT2D eigenvalue weighted by Crippen LogP contribution is 2.64. The van der Waals surface area contributed by atoms with Gasteiger partial charge in [0.1, 0.15) is 5.78 Å². The Balaban J connectivity index is 1.28. The Bertz CT molecular complexity index is 639. The third-order valence-electron chi connectivity index (χ3n) is 9.68. The van der Waals surface area contributed by atoms with Crippen molar-refractivity contribution < 1.29 is 14.3 Å². The molecule has 5 nitrogen and oxygen atoms in total. The predicted octanol–water partition coefficient (Wildman–Crippen LogP) is 2.45. The van der Waals surface area contributed by atoms with Crippen LogP contribution in [0.5, 0.6) is 0 Å². The second kappa shape index (κ2) is 5.78. The van der Waals surface area contributed by atoms with Crippen molar-refractivity contribution in [3.8, 4) is 0 Å². The zero-order chi connectivity index (χ0) is 18.3. The molecule has 0 radical (unpaired) electrons. The van der Waals surface area contributed by atoms with Crippen LogP contribution in [0.25, 0.3) is 0 Å². The minimum absolute atomic E-state index is 0.0112. The summed E-state index contributed by atoms with van der Waals surface area (Å²) in [5.41, 5.74) is 0.0967. The standard InChI is InChI=1S/C22H34N2O3/c1-20-13-18(25)19-15-4-6-21(26-10-11-27-21)12-14(15)2-3-16(19)17(20)5-7-22(20)23-8-9-24-22/h14-17,19,23-24H,2-13H2,1H3/t14-,15-,16+,17-,19-,20+/m0/s1. The van der Waals surface area contributed by atoms with Gasteiger partial charge in [-0.25, -0.2) is 0 Å². The summed E-state index contributed by atoms with van der Waals surface area (Å²) in [5, 5.41) is 7.56. The molecule has 0 aromatic carbocycles. The molecule has 2 spiro atoms. The van der Waals surface area contributed by atoms with Gasteiger partial charge in [0, 0.05) is 43.7 Å². The summed E-state index contributed by atoms with van der Waals surface area (Å²) < 4.78 is 12.0. The number of nitrogens with one attached hydrogen (secondary N) is 2. The predicted molar refractivity (Wildman–Crippen MR) is 101 cm³/mol. The van der Waals surface area contributed by atoms with Gasteiger partial charge >= 0.3 is 0 Å². The lowest BCUT2D eigenvalue weighted by atomic mass is 9.49. The lowest BCUT2D eigenvalue weighted by Gasteiger charge is -2.57. The first-order valence-corrected chi connectivity index (χ1v) is 11.4. The molecule has 27 heavy (non-hydrogen) atoms. The van der Waals surface area contributed by atoms with Gasteiger partial charge in [-0.1, -0.05) is 6.92 Å². The number of rotatable bonds is 0. The lowest BCUT2D eigenvalue weighted by molar-refractivity contribution is -0.209. The van der Waals surface area contributed by atoms with Gasteiger partial charge in [0.05, 0.1) is 18.9 Å². The van der Waals surface area contributed by atoms with Crippen LogP contribution in [-0.2, 0) is 14.3 Å². The Hall–Kier alpha value is -0.490. The zero-order valence-electron chi connectivity index (χ0n) is 16.6. The maximum atomic E-state index is 13.6. The fourth-order valence-corrected chi connectivity index (χ4v) is 8.59. The van der Waals surface area contributed by atoms with E-state index in [2.05, 4.69) is 17.6 Å². The van der Waals surface area contributed by atoms with Gasteiger partial charge in [0.2, 0.25) is 0 Å². The smallest absolute Gasteiger partial charge is 0.168 e. The van der Waals surface area contributed by atoms with Crippen molar-refractivity contribution in [2.45, 2.75) is 69.7 Å². The maximum Gasteiger partial charge on any atom is 0.168 e. The fraction of sp³-hybridized carbons (Fsp3) is 0.955. The number of ketones is 1. The van der Waals surface area contributed by atoms with Crippen LogP contribution < -0.4 is 10.6 Å². The number of Topliss-reactive ketones (excluding diaryl/α,β-unsaturated/α-hetero) is 1. The average Bonchev–Trinajstić information content (AvgIpc) is 3.37. The number of fused-ring (bicyclic) bond motifs is 6. The highest BCUT2D eigenvalue weighted by Gasteiger charge is 2.66. The van der Waals surface area contributed by atoms with Gasteiger partial charge in [-0.2, -0.15) is 0 Å². The molecule has 150 valence electrons. The molecule has 0 aromatic rings. The van der Waals surface area contributed by atoms with E-state index >= 15 is 0 Å². The minimum atomic E-state index is -0.310. The Morgan fingerprint density at radius 2 is 1.74 bits per heavy atom. The third kappa shape index (κ3) is 2.23. The van der Waals surface area contributed by atoms with Crippen molar-refractivity contribution in [3.05, 3.63) is 0 Å². The highest BCUT2D eigenvalue weighted by molar-refractivity contribution is 5.84. The van der Waals surface area contributed by atoms with E-state index in [4.69, 9.17) is 9.47 Å². The van der Waals surface area contributed by atoms with Gasteiger partial charge in [0.25, 0.3) is 0 Å². The molecule has 6 aliphatic rings. The molecule has 4 aliphatic carbocycles. The summed E-state index contributed by atoms with van der Waals surface area (Å²) in [7, 11) is 0. The fourth-order valence-electron chi connectivity index (χ4n) is 8.59. The minimum Gasteiger partial charge on any atom is -0.348 e. The van der Waals surface area contributed by atoms with Gasteiger partial charge in [0.15, 0.2) is 5.79 Å². The summed E-state index contributed by atoms with van der Waals surface area (Å²) in [6.07, 6.45) is 8.83. The van der Waals surface area contributed by atoms with E-state index in [-0.39, 0.29) is 16.9 Å². The molecule has 6 fully saturated rings. The molecule has 5 heteroatoms. The summed E-state index contributed by atoms with van der Waals surface area (Å²) in [5.74, 6) is 3.03. The summed E-state index contributed by atoms with van der Waals surface area (Å²) in [6, 6.07) is 0. The molecule has 2 saturated heterocycles.